The molecule has 1 unspecified atom stereocenters. The quantitative estimate of drug-likeness (QED) is 0.121. The largest absolute Gasteiger partial charge is 0.352 e. The maximum Gasteiger partial charge on any atom is 0.245 e. The molecule has 4 aromatic rings. The van der Waals surface area contributed by atoms with Gasteiger partial charge in [0.15, 0.2) is 5.82 Å². The second kappa shape index (κ2) is 17.9. The summed E-state index contributed by atoms with van der Waals surface area (Å²) in [5.41, 5.74) is 2.68. The molecule has 13 nitrogen and oxygen atoms in total. The van der Waals surface area contributed by atoms with E-state index < -0.39 is 53.9 Å². The number of fused-ring (bicyclic) bond motifs is 2. The number of likely N-dealkylation sites (tertiary alicyclic amines) is 2. The third kappa shape index (κ3) is 8.72. The molecule has 314 valence electrons. The Labute approximate surface area is 336 Å². The van der Waals surface area contributed by atoms with Crippen LogP contribution in [0.3, 0.4) is 0 Å². The van der Waals surface area contributed by atoms with Gasteiger partial charge >= 0.3 is 0 Å². The van der Waals surface area contributed by atoms with Crippen LogP contribution in [0.4, 0.5) is 13.2 Å². The van der Waals surface area contributed by atoms with Crippen molar-refractivity contribution in [2.24, 2.45) is 5.92 Å². The van der Waals surface area contributed by atoms with Crippen molar-refractivity contribution in [1.82, 2.24) is 45.6 Å². The number of nitrogens with zero attached hydrogens (tertiary/aromatic N) is 4. The molecule has 2 aliphatic heterocycles. The summed E-state index contributed by atoms with van der Waals surface area (Å²) in [4.78, 5) is 65.5. The van der Waals surface area contributed by atoms with Crippen LogP contribution in [0.1, 0.15) is 65.9 Å². The highest BCUT2D eigenvalue weighted by molar-refractivity contribution is 5.93. The zero-order chi connectivity index (χ0) is 42.0. The average molecular weight is 808 g/mol. The lowest BCUT2D eigenvalue weighted by Crippen LogP contribution is -2.55. The normalized spacial score (nSPS) is 20.5. The number of H-pyrrole nitrogens is 1. The van der Waals surface area contributed by atoms with Crippen molar-refractivity contribution < 1.29 is 32.3 Å². The number of hydrogen-bond acceptors (Lipinski definition) is 7. The van der Waals surface area contributed by atoms with Crippen molar-refractivity contribution in [3.63, 3.8) is 0 Å². The van der Waals surface area contributed by atoms with Gasteiger partial charge in [-0.1, -0.05) is 20.8 Å². The van der Waals surface area contributed by atoms with Crippen molar-refractivity contribution in [3.8, 4) is 11.5 Å². The van der Waals surface area contributed by atoms with Crippen LogP contribution in [0.15, 0.2) is 36.4 Å². The van der Waals surface area contributed by atoms with E-state index in [0.717, 1.165) is 17.4 Å². The molecule has 0 aliphatic carbocycles. The monoisotopic (exact) mass is 807 g/mol. The topological polar surface area (TPSA) is 156 Å². The van der Waals surface area contributed by atoms with Gasteiger partial charge in [-0.3, -0.25) is 19.2 Å². The lowest BCUT2D eigenvalue weighted by molar-refractivity contribution is -0.139. The van der Waals surface area contributed by atoms with E-state index in [1.807, 2.05) is 30.2 Å². The Balaban J connectivity index is 1.39. The molecule has 58 heavy (non-hydrogen) atoms. The Morgan fingerprint density at radius 3 is 2.24 bits per heavy atom. The summed E-state index contributed by atoms with van der Waals surface area (Å²) >= 11 is 0. The molecule has 4 amide bonds. The Kier molecular flexibility index (Phi) is 13.2. The van der Waals surface area contributed by atoms with E-state index in [1.165, 1.54) is 29.2 Å². The fourth-order valence-corrected chi connectivity index (χ4v) is 8.26. The lowest BCUT2D eigenvalue weighted by Gasteiger charge is -2.32. The van der Waals surface area contributed by atoms with E-state index >= 15 is 4.39 Å². The van der Waals surface area contributed by atoms with Crippen LogP contribution >= 0.6 is 0 Å². The number of amides is 4. The molecular weight excluding hydrogens is 752 g/mol. The number of aromatic nitrogens is 3. The molecule has 6 rings (SSSR count). The Bertz CT molecular complexity index is 2150. The number of benzene rings is 2. The molecule has 0 spiro atoms. The molecule has 2 fully saturated rings. The van der Waals surface area contributed by atoms with Crippen molar-refractivity contribution in [2.75, 3.05) is 27.2 Å². The summed E-state index contributed by atoms with van der Waals surface area (Å²) in [5.74, 6) is -2.07. The van der Waals surface area contributed by atoms with Gasteiger partial charge in [0.25, 0.3) is 0 Å². The van der Waals surface area contributed by atoms with Crippen molar-refractivity contribution in [1.29, 1.82) is 0 Å². The van der Waals surface area contributed by atoms with Gasteiger partial charge in [0.05, 0.1) is 41.4 Å². The van der Waals surface area contributed by atoms with Gasteiger partial charge in [-0.05, 0) is 95.4 Å². The Hall–Kier alpha value is -4.96. The zero-order valence-electron chi connectivity index (χ0n) is 34.3. The van der Waals surface area contributed by atoms with Gasteiger partial charge in [-0.15, -0.1) is 0 Å². The van der Waals surface area contributed by atoms with Gasteiger partial charge < -0.3 is 40.6 Å². The van der Waals surface area contributed by atoms with E-state index in [1.54, 1.807) is 40.1 Å². The van der Waals surface area contributed by atoms with E-state index in [2.05, 4.69) is 26.3 Å². The van der Waals surface area contributed by atoms with Crippen LogP contribution in [-0.4, -0.2) is 118 Å². The SMILES string of the molecule is CC[C@H](NC(=O)[C@H](C)NC)C(=O)N1CCC[C@H]1Cc1c(-c2nc3cc(F)ccc3n2C[C@@H]2C[C@H](F)CN2C(=O)C(NC(=O)[C@H](C)NC)C(C)C)[nH]c2cc(F)ccc12. The van der Waals surface area contributed by atoms with Crippen LogP contribution in [0.5, 0.6) is 0 Å². The molecule has 2 saturated heterocycles. The minimum Gasteiger partial charge on any atom is -0.352 e. The van der Waals surface area contributed by atoms with E-state index in [4.69, 9.17) is 4.98 Å². The molecule has 5 N–H and O–H groups in total. The Morgan fingerprint density at radius 1 is 0.897 bits per heavy atom. The first-order valence-electron chi connectivity index (χ1n) is 20.3. The number of imidazole rings is 1. The van der Waals surface area contributed by atoms with Crippen LogP contribution in [0.2, 0.25) is 0 Å². The smallest absolute Gasteiger partial charge is 0.245 e. The third-order valence-electron chi connectivity index (χ3n) is 11.8. The summed E-state index contributed by atoms with van der Waals surface area (Å²) in [7, 11) is 3.32. The second-order valence-corrected chi connectivity index (χ2v) is 16.1. The summed E-state index contributed by atoms with van der Waals surface area (Å²) in [5, 5.41) is 12.2. The lowest BCUT2D eigenvalue weighted by atomic mass is 9.99. The predicted molar refractivity (Wildman–Crippen MR) is 216 cm³/mol. The predicted octanol–water partition coefficient (Wildman–Crippen LogP) is 4.19. The molecule has 2 aromatic carbocycles. The first-order chi connectivity index (χ1) is 27.6. The van der Waals surface area contributed by atoms with Crippen LogP contribution in [-0.2, 0) is 32.1 Å². The molecule has 2 aliphatic rings. The highest BCUT2D eigenvalue weighted by Gasteiger charge is 2.41. The standard InChI is InChI=1S/C42H56F3N9O4/c1-8-32(50-39(55)23(4)46-6)41(57)52-15-9-10-28(52)19-31-30-13-11-25(43)17-33(30)48-37(31)38-49-34-18-26(44)12-14-35(34)54(38)21-29-16-27(45)20-53(29)42(58)36(22(2)3)51-40(56)24(5)47-7/h11-14,17-18,22-24,27-29,32,36,46-48H,8-10,15-16,19-21H2,1-7H3,(H,50,55)(H,51,56)/t23-,24-,27-,28-,29-,32-,36?/m0/s1. The van der Waals surface area contributed by atoms with Gasteiger partial charge in [0.1, 0.15) is 29.9 Å². The first kappa shape index (κ1) is 42.6. The number of likely N-dealkylation sites (N-methyl/N-ethyl adjacent to an activating group) is 2. The number of halogens is 3. The number of carbonyl (C=O) groups is 4. The van der Waals surface area contributed by atoms with Gasteiger partial charge in [-0.25, -0.2) is 18.2 Å². The van der Waals surface area contributed by atoms with Crippen molar-refractivity contribution in [3.05, 3.63) is 53.6 Å². The first-order valence-corrected chi connectivity index (χ1v) is 20.3. The average Bonchev–Trinajstić information content (AvgIpc) is 3.98. The molecule has 16 heteroatoms. The van der Waals surface area contributed by atoms with Gasteiger partial charge in [0.2, 0.25) is 23.6 Å². The number of rotatable bonds is 15. The third-order valence-corrected chi connectivity index (χ3v) is 11.8. The van der Waals surface area contributed by atoms with E-state index in [9.17, 15) is 28.0 Å². The summed E-state index contributed by atoms with van der Waals surface area (Å²) in [6.07, 6.45) is 0.921. The minimum absolute atomic E-state index is 0.0316. The summed E-state index contributed by atoms with van der Waals surface area (Å²) < 4.78 is 46.8. The van der Waals surface area contributed by atoms with Crippen molar-refractivity contribution >= 4 is 45.6 Å². The number of aromatic amines is 1. The second-order valence-electron chi connectivity index (χ2n) is 16.1. The van der Waals surface area contributed by atoms with Crippen LogP contribution < -0.4 is 21.3 Å². The molecule has 2 aromatic heterocycles. The van der Waals surface area contributed by atoms with Crippen LogP contribution in [0, 0.1) is 17.6 Å². The molecule has 7 atom stereocenters. The highest BCUT2D eigenvalue weighted by atomic mass is 19.1. The minimum atomic E-state index is -1.32. The van der Waals surface area contributed by atoms with Crippen molar-refractivity contribution in [2.45, 2.75) is 116 Å². The number of alkyl halides is 1. The molecule has 0 radical (unpaired) electrons. The fraction of sp³-hybridized carbons (Fsp3) is 0.548. The van der Waals surface area contributed by atoms with Gasteiger partial charge in [0, 0.05) is 42.5 Å². The number of hydrogen-bond donors (Lipinski definition) is 5. The molecule has 0 saturated carbocycles. The maximum atomic E-state index is 15.4. The molecule has 4 heterocycles. The zero-order valence-corrected chi connectivity index (χ0v) is 34.3. The molecule has 0 bridgehead atoms. The highest BCUT2D eigenvalue weighted by Crippen LogP contribution is 2.37. The number of carbonyl (C=O) groups excluding carboxylic acids is 4. The Morgan fingerprint density at radius 2 is 1.57 bits per heavy atom. The van der Waals surface area contributed by atoms with Gasteiger partial charge in [-0.2, -0.15) is 0 Å². The summed E-state index contributed by atoms with van der Waals surface area (Å²) in [6, 6.07) is 5.11. The fourth-order valence-electron chi connectivity index (χ4n) is 8.26. The summed E-state index contributed by atoms with van der Waals surface area (Å²) in [6.45, 7) is 9.35. The number of nitrogens with one attached hydrogen (secondary N) is 5. The van der Waals surface area contributed by atoms with E-state index in [-0.39, 0.29) is 49.2 Å². The molecular formula is C42H56F3N9O4. The van der Waals surface area contributed by atoms with Crippen LogP contribution in [0.25, 0.3) is 33.5 Å². The van der Waals surface area contributed by atoms with E-state index in [0.29, 0.717) is 53.9 Å². The maximum absolute atomic E-state index is 15.4.